The van der Waals surface area contributed by atoms with E-state index in [0.717, 1.165) is 0 Å². The monoisotopic (exact) mass is 286 g/mol. The molecule has 7 heteroatoms. The van der Waals surface area contributed by atoms with Crippen molar-refractivity contribution in [1.82, 2.24) is 20.4 Å². The Morgan fingerprint density at radius 1 is 1.48 bits per heavy atom. The van der Waals surface area contributed by atoms with Gasteiger partial charge in [-0.1, -0.05) is 17.0 Å². The zero-order chi connectivity index (χ0) is 15.1. The van der Waals surface area contributed by atoms with Crippen LogP contribution in [0.5, 0.6) is 0 Å². The lowest BCUT2D eigenvalue weighted by molar-refractivity contribution is 0.0944. The highest BCUT2D eigenvalue weighted by atomic mass is 16.5. The Hall–Kier alpha value is -2.72. The number of aliphatic hydroxyl groups excluding tert-OH is 1. The molecule has 1 amide bonds. The molecule has 2 aromatic rings. The molecule has 2 rings (SSSR count). The van der Waals surface area contributed by atoms with Crippen molar-refractivity contribution in [2.75, 3.05) is 6.61 Å². The highest BCUT2D eigenvalue weighted by Gasteiger charge is 2.08. The maximum Gasteiger partial charge on any atom is 0.270 e. The van der Waals surface area contributed by atoms with Gasteiger partial charge in [0, 0.05) is 25.1 Å². The fourth-order valence-corrected chi connectivity index (χ4v) is 1.49. The minimum Gasteiger partial charge on any atom is -0.395 e. The van der Waals surface area contributed by atoms with Crippen molar-refractivity contribution in [1.29, 1.82) is 0 Å². The molecule has 0 saturated heterocycles. The molecule has 2 aromatic heterocycles. The number of hydrogen-bond acceptors (Lipinski definition) is 6. The largest absolute Gasteiger partial charge is 0.395 e. The van der Waals surface area contributed by atoms with Gasteiger partial charge < -0.3 is 14.9 Å². The van der Waals surface area contributed by atoms with Crippen LogP contribution in [0.25, 0.3) is 0 Å². The third-order valence-electron chi connectivity index (χ3n) is 2.44. The molecule has 21 heavy (non-hydrogen) atoms. The Labute approximate surface area is 121 Å². The molecular formula is C14H14N4O3. The van der Waals surface area contributed by atoms with E-state index < -0.39 is 0 Å². The fourth-order valence-electron chi connectivity index (χ4n) is 1.49. The average molecular weight is 286 g/mol. The number of carbonyl (C=O) groups excluding carboxylic acids is 1. The van der Waals surface area contributed by atoms with Crippen molar-refractivity contribution >= 4 is 5.91 Å². The van der Waals surface area contributed by atoms with Crippen LogP contribution in [0.3, 0.4) is 0 Å². The van der Waals surface area contributed by atoms with Crippen LogP contribution < -0.4 is 5.32 Å². The number of amides is 1. The van der Waals surface area contributed by atoms with E-state index in [0.29, 0.717) is 23.7 Å². The van der Waals surface area contributed by atoms with Crippen molar-refractivity contribution < 1.29 is 14.4 Å². The lowest BCUT2D eigenvalue weighted by atomic mass is 10.2. The summed E-state index contributed by atoms with van der Waals surface area (Å²) in [7, 11) is 0. The predicted octanol–water partition coefficient (Wildman–Crippen LogP) is 0.437. The number of aromatic nitrogens is 3. The molecule has 0 saturated carbocycles. The molecule has 2 N–H and O–H groups in total. The Morgan fingerprint density at radius 3 is 2.95 bits per heavy atom. The third kappa shape index (κ3) is 4.40. The minimum atomic E-state index is -0.327. The van der Waals surface area contributed by atoms with Gasteiger partial charge in [-0.3, -0.25) is 4.79 Å². The summed E-state index contributed by atoms with van der Waals surface area (Å²) < 4.78 is 4.80. The summed E-state index contributed by atoms with van der Waals surface area (Å²) in [5.74, 6) is 6.15. The average Bonchev–Trinajstić information content (AvgIpc) is 2.91. The molecular weight excluding hydrogens is 272 g/mol. The second-order valence-electron chi connectivity index (χ2n) is 4.12. The Bertz CT molecular complexity index is 668. The highest BCUT2D eigenvalue weighted by molar-refractivity contribution is 5.92. The van der Waals surface area contributed by atoms with E-state index in [1.807, 2.05) is 0 Å². The van der Waals surface area contributed by atoms with Gasteiger partial charge in [-0.2, -0.15) is 4.98 Å². The number of rotatable bonds is 4. The summed E-state index contributed by atoms with van der Waals surface area (Å²) in [6.45, 7) is 1.88. The predicted molar refractivity (Wildman–Crippen MR) is 73.0 cm³/mol. The van der Waals surface area contributed by atoms with Gasteiger partial charge in [0.15, 0.2) is 5.82 Å². The molecule has 0 radical (unpaired) electrons. The first-order valence-electron chi connectivity index (χ1n) is 6.32. The Balaban J connectivity index is 1.92. The first-order valence-corrected chi connectivity index (χ1v) is 6.32. The topological polar surface area (TPSA) is 101 Å². The van der Waals surface area contributed by atoms with Crippen LogP contribution in [0.2, 0.25) is 0 Å². The van der Waals surface area contributed by atoms with Gasteiger partial charge in [0.05, 0.1) is 13.2 Å². The SMILES string of the molecule is Cc1nc(CNC(=O)c2ccc(C#CCCO)cn2)no1. The number of nitrogens with zero attached hydrogens (tertiary/aromatic N) is 3. The van der Waals surface area contributed by atoms with Crippen molar-refractivity contribution in [3.63, 3.8) is 0 Å². The number of pyridine rings is 1. The zero-order valence-corrected chi connectivity index (χ0v) is 11.5. The van der Waals surface area contributed by atoms with E-state index in [4.69, 9.17) is 9.63 Å². The molecule has 0 aliphatic heterocycles. The molecule has 0 bridgehead atoms. The number of carbonyl (C=O) groups is 1. The van der Waals surface area contributed by atoms with E-state index in [2.05, 4.69) is 32.3 Å². The van der Waals surface area contributed by atoms with Crippen molar-refractivity contribution in [2.24, 2.45) is 0 Å². The number of hydrogen-bond donors (Lipinski definition) is 2. The quantitative estimate of drug-likeness (QED) is 0.791. The summed E-state index contributed by atoms with van der Waals surface area (Å²) in [6, 6.07) is 3.28. The van der Waals surface area contributed by atoms with Crippen LogP contribution >= 0.6 is 0 Å². The van der Waals surface area contributed by atoms with Gasteiger partial charge in [0.25, 0.3) is 5.91 Å². The second kappa shape index (κ2) is 7.17. The van der Waals surface area contributed by atoms with Crippen LogP contribution in [0, 0.1) is 18.8 Å². The molecule has 0 aliphatic rings. The zero-order valence-electron chi connectivity index (χ0n) is 11.5. The molecule has 0 unspecified atom stereocenters. The lowest BCUT2D eigenvalue weighted by Gasteiger charge is -2.01. The minimum absolute atomic E-state index is 0.0243. The summed E-state index contributed by atoms with van der Waals surface area (Å²) in [6.07, 6.45) is 1.92. The van der Waals surface area contributed by atoms with Gasteiger partial charge in [-0.25, -0.2) is 4.98 Å². The maximum atomic E-state index is 11.9. The van der Waals surface area contributed by atoms with Gasteiger partial charge >= 0.3 is 0 Å². The number of nitrogens with one attached hydrogen (secondary N) is 1. The van der Waals surface area contributed by atoms with Crippen LogP contribution in [-0.2, 0) is 6.54 Å². The highest BCUT2D eigenvalue weighted by Crippen LogP contribution is 2.00. The summed E-state index contributed by atoms with van der Waals surface area (Å²) >= 11 is 0. The molecule has 0 spiro atoms. The molecule has 0 fully saturated rings. The van der Waals surface area contributed by atoms with Gasteiger partial charge in [-0.05, 0) is 12.1 Å². The summed E-state index contributed by atoms with van der Waals surface area (Å²) in [4.78, 5) is 19.9. The van der Waals surface area contributed by atoms with E-state index in [1.54, 1.807) is 19.1 Å². The van der Waals surface area contributed by atoms with E-state index in [1.165, 1.54) is 6.20 Å². The van der Waals surface area contributed by atoms with Gasteiger partial charge in [-0.15, -0.1) is 0 Å². The van der Waals surface area contributed by atoms with Crippen molar-refractivity contribution in [2.45, 2.75) is 19.9 Å². The maximum absolute atomic E-state index is 11.9. The van der Waals surface area contributed by atoms with Crippen LogP contribution in [0.15, 0.2) is 22.9 Å². The molecule has 108 valence electrons. The van der Waals surface area contributed by atoms with Gasteiger partial charge in [0.1, 0.15) is 5.69 Å². The summed E-state index contributed by atoms with van der Waals surface area (Å²) in [5, 5.41) is 14.9. The first-order chi connectivity index (χ1) is 10.2. The first kappa shape index (κ1) is 14.7. The van der Waals surface area contributed by atoms with E-state index >= 15 is 0 Å². The Kier molecular flexibility index (Phi) is 5.01. The van der Waals surface area contributed by atoms with Crippen molar-refractivity contribution in [3.05, 3.63) is 41.3 Å². The van der Waals surface area contributed by atoms with Gasteiger partial charge in [0.2, 0.25) is 5.89 Å². The Morgan fingerprint density at radius 2 is 2.33 bits per heavy atom. The molecule has 0 atom stereocenters. The standard InChI is InChI=1S/C14H14N4O3/c1-10-17-13(18-21-10)9-16-14(20)12-6-5-11(8-15-12)4-2-3-7-19/h5-6,8,19H,3,7,9H2,1H3,(H,16,20). The summed E-state index contributed by atoms with van der Waals surface area (Å²) in [5.41, 5.74) is 0.969. The molecule has 0 aliphatic carbocycles. The lowest BCUT2D eigenvalue weighted by Crippen LogP contribution is -2.24. The second-order valence-corrected chi connectivity index (χ2v) is 4.12. The normalized spacial score (nSPS) is 9.81. The molecule has 2 heterocycles. The van der Waals surface area contributed by atoms with Crippen LogP contribution in [0.4, 0.5) is 0 Å². The molecule has 0 aromatic carbocycles. The van der Waals surface area contributed by atoms with Crippen molar-refractivity contribution in [3.8, 4) is 11.8 Å². The third-order valence-corrected chi connectivity index (χ3v) is 2.44. The smallest absolute Gasteiger partial charge is 0.270 e. The van der Waals surface area contributed by atoms with E-state index in [9.17, 15) is 4.79 Å². The number of aliphatic hydroxyl groups is 1. The number of aryl methyl sites for hydroxylation is 1. The molecule has 7 nitrogen and oxygen atoms in total. The van der Waals surface area contributed by atoms with Crippen LogP contribution in [-0.4, -0.2) is 32.7 Å². The van der Waals surface area contributed by atoms with E-state index in [-0.39, 0.29) is 24.8 Å². The van der Waals surface area contributed by atoms with Crippen LogP contribution in [0.1, 0.15) is 34.2 Å². The fraction of sp³-hybridized carbons (Fsp3) is 0.286.